The molecule has 0 aromatic carbocycles. The van der Waals surface area contributed by atoms with Gasteiger partial charge in [0.1, 0.15) is 0 Å². The van der Waals surface area contributed by atoms with Crippen LogP contribution in [0.15, 0.2) is 0 Å². The average molecular weight is 211 g/mol. The van der Waals surface area contributed by atoms with Crippen LogP contribution >= 0.6 is 0 Å². The van der Waals surface area contributed by atoms with Crippen LogP contribution in [0.2, 0.25) is 0 Å². The highest BCUT2D eigenvalue weighted by atomic mass is 16.5. The highest BCUT2D eigenvalue weighted by molar-refractivity contribution is 5.76. The molecular formula is C12H21NO2. The molecule has 1 unspecified atom stereocenters. The smallest absolute Gasteiger partial charge is 0.312 e. The average Bonchev–Trinajstić information content (AvgIpc) is 2.22. The van der Waals surface area contributed by atoms with Crippen molar-refractivity contribution in [1.82, 2.24) is 5.32 Å². The summed E-state index contributed by atoms with van der Waals surface area (Å²) in [6.45, 7) is 6.29. The molecule has 0 aliphatic carbocycles. The maximum atomic E-state index is 11.4. The van der Waals surface area contributed by atoms with Crippen molar-refractivity contribution < 1.29 is 9.53 Å². The first-order valence-electron chi connectivity index (χ1n) is 5.25. The first kappa shape index (κ1) is 14.0. The zero-order valence-electron chi connectivity index (χ0n) is 10.1. The minimum atomic E-state index is -0.530. The van der Waals surface area contributed by atoms with Gasteiger partial charge in [0.05, 0.1) is 18.6 Å². The number of methoxy groups -OCH3 is 1. The Morgan fingerprint density at radius 3 is 2.60 bits per heavy atom. The van der Waals surface area contributed by atoms with Crippen LogP contribution in [0.1, 0.15) is 33.6 Å². The van der Waals surface area contributed by atoms with Crippen LogP contribution in [0.25, 0.3) is 0 Å². The molecule has 86 valence electrons. The summed E-state index contributed by atoms with van der Waals surface area (Å²) in [4.78, 5) is 11.4. The van der Waals surface area contributed by atoms with E-state index in [1.54, 1.807) is 0 Å². The van der Waals surface area contributed by atoms with Crippen molar-refractivity contribution >= 4 is 5.97 Å². The van der Waals surface area contributed by atoms with Crippen LogP contribution in [-0.2, 0) is 9.53 Å². The maximum Gasteiger partial charge on any atom is 0.312 e. The Balaban J connectivity index is 4.13. The number of rotatable bonds is 6. The Hall–Kier alpha value is -1.01. The van der Waals surface area contributed by atoms with E-state index >= 15 is 0 Å². The van der Waals surface area contributed by atoms with Crippen LogP contribution in [0.5, 0.6) is 0 Å². The van der Waals surface area contributed by atoms with Gasteiger partial charge in [0, 0.05) is 6.54 Å². The van der Waals surface area contributed by atoms with Crippen LogP contribution in [0.3, 0.4) is 0 Å². The fourth-order valence-corrected chi connectivity index (χ4v) is 1.26. The highest BCUT2D eigenvalue weighted by Crippen LogP contribution is 2.15. The van der Waals surface area contributed by atoms with Gasteiger partial charge in [0.15, 0.2) is 0 Å². The van der Waals surface area contributed by atoms with Crippen LogP contribution in [0.4, 0.5) is 0 Å². The van der Waals surface area contributed by atoms with Crippen molar-refractivity contribution in [2.75, 3.05) is 13.7 Å². The molecule has 0 aliphatic heterocycles. The van der Waals surface area contributed by atoms with E-state index in [0.717, 1.165) is 12.8 Å². The topological polar surface area (TPSA) is 38.3 Å². The van der Waals surface area contributed by atoms with Gasteiger partial charge in [-0.2, -0.15) is 0 Å². The monoisotopic (exact) mass is 211 g/mol. The van der Waals surface area contributed by atoms with Gasteiger partial charge in [-0.05, 0) is 20.3 Å². The lowest BCUT2D eigenvalue weighted by atomic mass is 9.93. The number of hydrogen-bond donors (Lipinski definition) is 1. The summed E-state index contributed by atoms with van der Waals surface area (Å²) < 4.78 is 4.71. The molecule has 0 bridgehead atoms. The molecule has 0 fully saturated rings. The SMILES string of the molecule is C#CC(CCC)NCC(C)(C)C(=O)OC. The Labute approximate surface area is 92.6 Å². The molecular weight excluding hydrogens is 190 g/mol. The predicted octanol–water partition coefficient (Wildman–Crippen LogP) is 1.58. The highest BCUT2D eigenvalue weighted by Gasteiger charge is 2.28. The van der Waals surface area contributed by atoms with Gasteiger partial charge in [-0.3, -0.25) is 4.79 Å². The second-order valence-corrected chi connectivity index (χ2v) is 4.26. The van der Waals surface area contributed by atoms with E-state index < -0.39 is 5.41 Å². The largest absolute Gasteiger partial charge is 0.469 e. The van der Waals surface area contributed by atoms with E-state index in [1.165, 1.54) is 7.11 Å². The first-order valence-corrected chi connectivity index (χ1v) is 5.25. The molecule has 0 amide bonds. The van der Waals surface area contributed by atoms with Gasteiger partial charge in [-0.1, -0.05) is 19.3 Å². The van der Waals surface area contributed by atoms with Crippen molar-refractivity contribution in [3.05, 3.63) is 0 Å². The molecule has 0 spiro atoms. The number of carbonyl (C=O) groups excluding carboxylic acids is 1. The first-order chi connectivity index (χ1) is 6.97. The molecule has 0 rings (SSSR count). The van der Waals surface area contributed by atoms with E-state index in [4.69, 9.17) is 11.2 Å². The lowest BCUT2D eigenvalue weighted by molar-refractivity contribution is -0.150. The van der Waals surface area contributed by atoms with E-state index in [2.05, 4.69) is 18.2 Å². The summed E-state index contributed by atoms with van der Waals surface area (Å²) in [5, 5.41) is 3.19. The molecule has 3 heteroatoms. The predicted molar refractivity (Wildman–Crippen MR) is 61.3 cm³/mol. The lowest BCUT2D eigenvalue weighted by Gasteiger charge is -2.23. The molecule has 0 radical (unpaired) electrons. The Kier molecular flexibility index (Phi) is 6.03. The van der Waals surface area contributed by atoms with Gasteiger partial charge in [0.25, 0.3) is 0 Å². The summed E-state index contributed by atoms with van der Waals surface area (Å²) in [6.07, 6.45) is 7.32. The second-order valence-electron chi connectivity index (χ2n) is 4.26. The third kappa shape index (κ3) is 4.85. The normalized spacial score (nSPS) is 13.0. The molecule has 0 aliphatic rings. The minimum absolute atomic E-state index is 0.0407. The number of esters is 1. The lowest BCUT2D eigenvalue weighted by Crippen LogP contribution is -2.41. The number of hydrogen-bond acceptors (Lipinski definition) is 3. The molecule has 0 heterocycles. The molecule has 0 aromatic heterocycles. The fraction of sp³-hybridized carbons (Fsp3) is 0.750. The van der Waals surface area contributed by atoms with Gasteiger partial charge >= 0.3 is 5.97 Å². The molecule has 15 heavy (non-hydrogen) atoms. The molecule has 0 saturated carbocycles. The second kappa shape index (κ2) is 6.47. The van der Waals surface area contributed by atoms with Crippen molar-refractivity contribution in [2.45, 2.75) is 39.7 Å². The van der Waals surface area contributed by atoms with Crippen LogP contribution in [-0.4, -0.2) is 25.7 Å². The summed E-state index contributed by atoms with van der Waals surface area (Å²) in [6, 6.07) is 0.0407. The molecule has 0 aromatic rings. The number of terminal acetylenes is 1. The van der Waals surface area contributed by atoms with Crippen molar-refractivity contribution in [2.24, 2.45) is 5.41 Å². The van der Waals surface area contributed by atoms with Gasteiger partial charge in [0.2, 0.25) is 0 Å². The third-order valence-corrected chi connectivity index (χ3v) is 2.31. The standard InChI is InChI=1S/C12H21NO2/c1-6-8-10(7-2)13-9-12(3,4)11(14)15-5/h2,10,13H,6,8-9H2,1,3-5H3. The summed E-state index contributed by atoms with van der Waals surface area (Å²) in [5.41, 5.74) is -0.530. The van der Waals surface area contributed by atoms with Gasteiger partial charge < -0.3 is 10.1 Å². The van der Waals surface area contributed by atoms with E-state index in [9.17, 15) is 4.79 Å². The Morgan fingerprint density at radius 1 is 1.60 bits per heavy atom. The summed E-state index contributed by atoms with van der Waals surface area (Å²) >= 11 is 0. The quantitative estimate of drug-likeness (QED) is 0.535. The van der Waals surface area contributed by atoms with Crippen molar-refractivity contribution in [1.29, 1.82) is 0 Å². The summed E-state index contributed by atoms with van der Waals surface area (Å²) in [7, 11) is 1.40. The van der Waals surface area contributed by atoms with Gasteiger partial charge in [-0.15, -0.1) is 6.42 Å². The Bertz CT molecular complexity index is 240. The zero-order valence-corrected chi connectivity index (χ0v) is 10.1. The van der Waals surface area contributed by atoms with Crippen molar-refractivity contribution in [3.8, 4) is 12.3 Å². The zero-order chi connectivity index (χ0) is 11.9. The fourth-order valence-electron chi connectivity index (χ4n) is 1.26. The molecule has 1 N–H and O–H groups in total. The molecule has 3 nitrogen and oxygen atoms in total. The van der Waals surface area contributed by atoms with Gasteiger partial charge in [-0.25, -0.2) is 0 Å². The maximum absolute atomic E-state index is 11.4. The molecule has 1 atom stereocenters. The number of carbonyl (C=O) groups is 1. The number of nitrogens with one attached hydrogen (secondary N) is 1. The molecule has 0 saturated heterocycles. The van der Waals surface area contributed by atoms with E-state index in [0.29, 0.717) is 6.54 Å². The Morgan fingerprint density at radius 2 is 2.20 bits per heavy atom. The third-order valence-electron chi connectivity index (χ3n) is 2.31. The van der Waals surface area contributed by atoms with Crippen LogP contribution < -0.4 is 5.32 Å². The summed E-state index contributed by atoms with van der Waals surface area (Å²) in [5.74, 6) is 2.45. The number of ether oxygens (including phenoxy) is 1. The van der Waals surface area contributed by atoms with E-state index in [-0.39, 0.29) is 12.0 Å². The van der Waals surface area contributed by atoms with Crippen LogP contribution in [0, 0.1) is 17.8 Å². The van der Waals surface area contributed by atoms with E-state index in [1.807, 2.05) is 13.8 Å². The minimum Gasteiger partial charge on any atom is -0.469 e. The van der Waals surface area contributed by atoms with Crippen molar-refractivity contribution in [3.63, 3.8) is 0 Å².